The van der Waals surface area contributed by atoms with Crippen LogP contribution in [0.2, 0.25) is 0 Å². The van der Waals surface area contributed by atoms with Gasteiger partial charge in [-0.2, -0.15) is 0 Å². The fraction of sp³-hybridized carbons (Fsp3) is 0.0566. The van der Waals surface area contributed by atoms with E-state index >= 15 is 0 Å². The van der Waals surface area contributed by atoms with Crippen LogP contribution >= 0.6 is 0 Å². The smallest absolute Gasteiger partial charge is 0.247 e. The third-order valence-electron chi connectivity index (χ3n) is 12.6. The molecular formula is C53H38BN3O. The number of hydrogen-bond donors (Lipinski definition) is 0. The zero-order chi connectivity index (χ0) is 38.5. The van der Waals surface area contributed by atoms with Crippen molar-refractivity contribution in [2.45, 2.75) is 19.3 Å². The molecule has 0 radical (unpaired) electrons. The zero-order valence-corrected chi connectivity index (χ0v) is 32.3. The second-order valence-corrected chi connectivity index (χ2v) is 16.1. The number of benzene rings is 8. The predicted molar refractivity (Wildman–Crippen MR) is 243 cm³/mol. The van der Waals surface area contributed by atoms with Gasteiger partial charge in [-0.05, 0) is 101 Å². The fourth-order valence-electron chi connectivity index (χ4n) is 10.1. The van der Waals surface area contributed by atoms with Gasteiger partial charge in [0.25, 0.3) is 0 Å². The molecule has 0 unspecified atom stereocenters. The molecule has 8 aromatic carbocycles. The lowest BCUT2D eigenvalue weighted by Crippen LogP contribution is -2.63. The molecule has 2 aromatic heterocycles. The summed E-state index contributed by atoms with van der Waals surface area (Å²) in [6.07, 6.45) is 0. The van der Waals surface area contributed by atoms with Crippen LogP contribution in [0.3, 0.4) is 0 Å². The van der Waals surface area contributed by atoms with Gasteiger partial charge < -0.3 is 18.8 Å². The van der Waals surface area contributed by atoms with Crippen LogP contribution in [0.5, 0.6) is 0 Å². The van der Waals surface area contributed by atoms with Crippen molar-refractivity contribution in [3.05, 3.63) is 205 Å². The van der Waals surface area contributed by atoms with Crippen molar-refractivity contribution in [2.75, 3.05) is 9.80 Å². The van der Waals surface area contributed by atoms with Gasteiger partial charge in [-0.25, -0.2) is 0 Å². The Labute approximate surface area is 337 Å². The Balaban J connectivity index is 1.17. The lowest BCUT2D eigenvalue weighted by Gasteiger charge is -2.42. The van der Waals surface area contributed by atoms with E-state index in [1.807, 2.05) is 0 Å². The molecule has 0 atom stereocenters. The Morgan fingerprint density at radius 2 is 1.00 bits per heavy atom. The summed E-state index contributed by atoms with van der Waals surface area (Å²) in [6.45, 7) is 4.89. The summed E-state index contributed by atoms with van der Waals surface area (Å²) in [5.74, 6) is 0. The Morgan fingerprint density at radius 1 is 0.448 bits per heavy atom. The SMILES string of the molecule is CC1(C)c2ccccc2B2c3c(cc(N(c4ccccc4)c4ccccc4)cc31)-n1c3c2cccc3c2oc3cc(N(c4ccccc4)c4ccccc4)ccc3c21. The van der Waals surface area contributed by atoms with E-state index in [0.29, 0.717) is 0 Å². The minimum Gasteiger partial charge on any atom is -0.454 e. The van der Waals surface area contributed by atoms with Crippen LogP contribution in [0.1, 0.15) is 25.0 Å². The zero-order valence-electron chi connectivity index (χ0n) is 32.3. The highest BCUT2D eigenvalue weighted by Gasteiger charge is 2.46. The summed E-state index contributed by atoms with van der Waals surface area (Å²) in [7, 11) is 0. The number of anilines is 6. The Morgan fingerprint density at radius 3 is 1.62 bits per heavy atom. The predicted octanol–water partition coefficient (Wildman–Crippen LogP) is 11.9. The van der Waals surface area contributed by atoms with E-state index in [2.05, 4.69) is 222 Å². The molecule has 0 N–H and O–H groups in total. The molecule has 4 heterocycles. The van der Waals surface area contributed by atoms with Gasteiger partial charge in [-0.1, -0.05) is 129 Å². The highest BCUT2D eigenvalue weighted by atomic mass is 16.3. The van der Waals surface area contributed by atoms with E-state index in [4.69, 9.17) is 4.42 Å². The number of aromatic nitrogens is 1. The number of rotatable bonds is 6. The topological polar surface area (TPSA) is 24.6 Å². The van der Waals surface area contributed by atoms with E-state index < -0.39 is 0 Å². The average Bonchev–Trinajstić information content (AvgIpc) is 3.80. The molecule has 0 saturated carbocycles. The summed E-state index contributed by atoms with van der Waals surface area (Å²) in [5, 5.41) is 2.23. The van der Waals surface area contributed by atoms with Crippen molar-refractivity contribution in [2.24, 2.45) is 0 Å². The first kappa shape index (κ1) is 33.0. The second-order valence-electron chi connectivity index (χ2n) is 16.1. The first-order valence-electron chi connectivity index (χ1n) is 20.1. The van der Waals surface area contributed by atoms with Crippen LogP contribution in [-0.4, -0.2) is 11.3 Å². The van der Waals surface area contributed by atoms with E-state index in [1.54, 1.807) is 0 Å². The van der Waals surface area contributed by atoms with Crippen LogP contribution in [0.15, 0.2) is 199 Å². The molecule has 0 fully saturated rings. The van der Waals surface area contributed by atoms with Gasteiger partial charge in [0, 0.05) is 62.1 Å². The molecule has 0 spiro atoms. The molecule has 5 heteroatoms. The van der Waals surface area contributed by atoms with Gasteiger partial charge in [0.1, 0.15) is 11.1 Å². The standard InChI is InChI=1S/C53H38BN3O/c1-53(2)43-27-15-16-28-45(43)54-46-29-17-26-42-50(46)57(47-33-40(32-44(53)49(47)54)56(37-22-11-5-12-23-37)38-24-13-6-14-25-38)51-41-31-30-39(34-48(41)58-52(42)51)55(35-18-7-3-8-19-35)36-20-9-4-10-21-36/h3-34H,1-2H3. The lowest BCUT2D eigenvalue weighted by molar-refractivity contribution is 0.645. The molecule has 0 amide bonds. The second kappa shape index (κ2) is 12.4. The van der Waals surface area contributed by atoms with Crippen molar-refractivity contribution < 1.29 is 4.42 Å². The Hall–Kier alpha value is -7.24. The maximum atomic E-state index is 7.09. The molecular weight excluding hydrogens is 705 g/mol. The third kappa shape index (κ3) is 4.64. The van der Waals surface area contributed by atoms with Gasteiger partial charge in [0.05, 0.1) is 5.52 Å². The van der Waals surface area contributed by atoms with Gasteiger partial charge in [-0.3, -0.25) is 0 Å². The average molecular weight is 744 g/mol. The minimum absolute atomic E-state index is 0.0866. The van der Waals surface area contributed by atoms with Gasteiger partial charge in [0.2, 0.25) is 6.71 Å². The maximum Gasteiger partial charge on any atom is 0.247 e. The van der Waals surface area contributed by atoms with Gasteiger partial charge >= 0.3 is 0 Å². The molecule has 2 aliphatic rings. The molecule has 2 aliphatic heterocycles. The normalized spacial score (nSPS) is 13.4. The molecule has 4 nitrogen and oxygen atoms in total. The summed E-state index contributed by atoms with van der Waals surface area (Å²) in [6, 6.07) is 70.2. The third-order valence-corrected chi connectivity index (χ3v) is 12.6. The van der Waals surface area contributed by atoms with Crippen molar-refractivity contribution in [1.29, 1.82) is 0 Å². The van der Waals surface area contributed by atoms with Crippen molar-refractivity contribution in [3.8, 4) is 5.69 Å². The van der Waals surface area contributed by atoms with Crippen LogP contribution in [-0.2, 0) is 5.41 Å². The van der Waals surface area contributed by atoms with Crippen LogP contribution in [0.4, 0.5) is 34.1 Å². The minimum atomic E-state index is -0.254. The summed E-state index contributed by atoms with van der Waals surface area (Å²) < 4.78 is 9.63. The molecule has 0 aliphatic carbocycles. The van der Waals surface area contributed by atoms with Gasteiger partial charge in [-0.15, -0.1) is 0 Å². The largest absolute Gasteiger partial charge is 0.454 e. The summed E-state index contributed by atoms with van der Waals surface area (Å²) in [4.78, 5) is 4.70. The van der Waals surface area contributed by atoms with E-state index in [0.717, 1.165) is 61.6 Å². The van der Waals surface area contributed by atoms with Crippen molar-refractivity contribution in [3.63, 3.8) is 0 Å². The Kier molecular flexibility index (Phi) is 7.04. The fourth-order valence-corrected chi connectivity index (χ4v) is 10.1. The van der Waals surface area contributed by atoms with Crippen LogP contribution in [0.25, 0.3) is 38.7 Å². The molecule has 10 aromatic rings. The first-order chi connectivity index (χ1) is 28.6. The Bertz CT molecular complexity index is 3130. The monoisotopic (exact) mass is 743 g/mol. The molecule has 58 heavy (non-hydrogen) atoms. The maximum absolute atomic E-state index is 7.09. The first-order valence-corrected chi connectivity index (χ1v) is 20.1. The quantitative estimate of drug-likeness (QED) is 0.159. The van der Waals surface area contributed by atoms with Crippen LogP contribution in [0, 0.1) is 0 Å². The van der Waals surface area contributed by atoms with Crippen LogP contribution < -0.4 is 26.2 Å². The lowest BCUT2D eigenvalue weighted by atomic mass is 9.30. The number of hydrogen-bond acceptors (Lipinski definition) is 3. The molecule has 274 valence electrons. The summed E-state index contributed by atoms with van der Waals surface area (Å²) in [5.41, 5.74) is 18.5. The van der Waals surface area contributed by atoms with E-state index in [1.165, 1.54) is 38.7 Å². The number of furan rings is 1. The van der Waals surface area contributed by atoms with E-state index in [-0.39, 0.29) is 12.1 Å². The van der Waals surface area contributed by atoms with Crippen molar-refractivity contribution in [1.82, 2.24) is 4.57 Å². The molecule has 0 saturated heterocycles. The van der Waals surface area contributed by atoms with E-state index in [9.17, 15) is 0 Å². The van der Waals surface area contributed by atoms with Gasteiger partial charge in [0.15, 0.2) is 5.58 Å². The van der Waals surface area contributed by atoms with Crippen molar-refractivity contribution >= 4 is 90.2 Å². The number of nitrogens with zero attached hydrogens (tertiary/aromatic N) is 3. The highest BCUT2D eigenvalue weighted by Crippen LogP contribution is 2.47. The number of fused-ring (bicyclic) bond motifs is 9. The number of para-hydroxylation sites is 5. The molecule has 12 rings (SSSR count). The highest BCUT2D eigenvalue weighted by molar-refractivity contribution is 6.99. The summed E-state index contributed by atoms with van der Waals surface area (Å²) >= 11 is 0. The molecule has 0 bridgehead atoms.